The second-order valence-corrected chi connectivity index (χ2v) is 7.93. The van der Waals surface area contributed by atoms with Crippen LogP contribution in [-0.2, 0) is 16.9 Å². The van der Waals surface area contributed by atoms with Gasteiger partial charge >= 0.3 is 0 Å². The molecule has 0 amide bonds. The average molecular weight is 397 g/mol. The summed E-state index contributed by atoms with van der Waals surface area (Å²) in [5.41, 5.74) is 6.87. The first kappa shape index (κ1) is 18.5. The standard InChI is InChI=1S/C24H23N5O/c1-24(2,30-3)19-6-8-20(9-7-19)27-22-23-26-10-11-29(23)15-21(28-22)16-4-5-17-13-25-14-18(17)12-16/h4-13,15H,14H2,1-3H3,(H,27,28). The van der Waals surface area contributed by atoms with Crippen LogP contribution in [0.3, 0.4) is 0 Å². The molecule has 5 rings (SSSR count). The number of nitrogens with one attached hydrogen (secondary N) is 1. The Labute approximate surface area is 175 Å². The largest absolute Gasteiger partial charge is 0.374 e. The zero-order valence-corrected chi connectivity index (χ0v) is 17.3. The number of rotatable bonds is 5. The normalized spacial score (nSPS) is 13.0. The van der Waals surface area contributed by atoms with Crippen LogP contribution >= 0.6 is 0 Å². The average Bonchev–Trinajstić information content (AvgIpc) is 3.43. The fourth-order valence-electron chi connectivity index (χ4n) is 3.63. The predicted octanol–water partition coefficient (Wildman–Crippen LogP) is 4.95. The Balaban J connectivity index is 1.51. The van der Waals surface area contributed by atoms with Crippen LogP contribution in [-0.4, -0.2) is 27.7 Å². The van der Waals surface area contributed by atoms with Crippen LogP contribution in [0.2, 0.25) is 0 Å². The SMILES string of the molecule is COC(C)(C)c1ccc(Nc2nc(-c3ccc4c(c3)CN=C4)cn3ccnc23)cc1. The summed E-state index contributed by atoms with van der Waals surface area (Å²) in [6.45, 7) is 4.83. The topological polar surface area (TPSA) is 63.8 Å². The van der Waals surface area contributed by atoms with Crippen molar-refractivity contribution in [2.45, 2.75) is 26.0 Å². The van der Waals surface area contributed by atoms with E-state index in [9.17, 15) is 0 Å². The van der Waals surface area contributed by atoms with E-state index < -0.39 is 0 Å². The van der Waals surface area contributed by atoms with Crippen LogP contribution in [0.25, 0.3) is 16.9 Å². The van der Waals surface area contributed by atoms with Gasteiger partial charge in [-0.15, -0.1) is 0 Å². The maximum absolute atomic E-state index is 5.57. The molecule has 1 aliphatic heterocycles. The molecule has 0 spiro atoms. The van der Waals surface area contributed by atoms with Crippen LogP contribution in [0.4, 0.5) is 11.5 Å². The molecule has 0 aliphatic carbocycles. The molecule has 0 radical (unpaired) electrons. The molecule has 30 heavy (non-hydrogen) atoms. The number of hydrogen-bond acceptors (Lipinski definition) is 5. The van der Waals surface area contributed by atoms with Gasteiger partial charge in [-0.1, -0.05) is 24.3 Å². The summed E-state index contributed by atoms with van der Waals surface area (Å²) in [4.78, 5) is 13.7. The highest BCUT2D eigenvalue weighted by Crippen LogP contribution is 2.29. The van der Waals surface area contributed by atoms with Gasteiger partial charge in [0.2, 0.25) is 0 Å². The van der Waals surface area contributed by atoms with Crippen molar-refractivity contribution in [1.29, 1.82) is 0 Å². The summed E-state index contributed by atoms with van der Waals surface area (Å²) >= 11 is 0. The minimum atomic E-state index is -0.329. The quantitative estimate of drug-likeness (QED) is 0.517. The van der Waals surface area contributed by atoms with Gasteiger partial charge in [0.15, 0.2) is 11.5 Å². The summed E-state index contributed by atoms with van der Waals surface area (Å²) < 4.78 is 7.57. The minimum Gasteiger partial charge on any atom is -0.374 e. The van der Waals surface area contributed by atoms with Crippen LogP contribution in [0.5, 0.6) is 0 Å². The van der Waals surface area contributed by atoms with Crippen molar-refractivity contribution in [3.8, 4) is 11.3 Å². The van der Waals surface area contributed by atoms with Gasteiger partial charge in [0.05, 0.1) is 17.8 Å². The molecule has 1 N–H and O–H groups in total. The summed E-state index contributed by atoms with van der Waals surface area (Å²) in [6, 6.07) is 14.6. The van der Waals surface area contributed by atoms with E-state index in [2.05, 4.69) is 59.5 Å². The highest BCUT2D eigenvalue weighted by atomic mass is 16.5. The van der Waals surface area contributed by atoms with E-state index in [0.29, 0.717) is 5.82 Å². The second-order valence-electron chi connectivity index (χ2n) is 7.93. The van der Waals surface area contributed by atoms with Crippen LogP contribution < -0.4 is 5.32 Å². The smallest absolute Gasteiger partial charge is 0.180 e. The zero-order valence-electron chi connectivity index (χ0n) is 17.3. The number of benzene rings is 2. The Morgan fingerprint density at radius 2 is 1.93 bits per heavy atom. The molecule has 4 aromatic rings. The van der Waals surface area contributed by atoms with Gasteiger partial charge in [0.25, 0.3) is 0 Å². The fraction of sp³-hybridized carbons (Fsp3) is 0.208. The summed E-state index contributed by atoms with van der Waals surface area (Å²) in [6.07, 6.45) is 7.65. The first-order valence-electron chi connectivity index (χ1n) is 9.93. The molecule has 0 fully saturated rings. The lowest BCUT2D eigenvalue weighted by atomic mass is 9.98. The Morgan fingerprint density at radius 1 is 1.10 bits per heavy atom. The van der Waals surface area contributed by atoms with Crippen LogP contribution in [0.1, 0.15) is 30.5 Å². The molecule has 0 saturated heterocycles. The van der Waals surface area contributed by atoms with Gasteiger partial charge in [-0.2, -0.15) is 0 Å². The van der Waals surface area contributed by atoms with E-state index in [1.165, 1.54) is 11.1 Å². The van der Waals surface area contributed by atoms with E-state index in [1.54, 1.807) is 13.3 Å². The number of aromatic nitrogens is 3. The second kappa shape index (κ2) is 7.07. The molecule has 0 atom stereocenters. The fourth-order valence-corrected chi connectivity index (χ4v) is 3.63. The lowest BCUT2D eigenvalue weighted by Crippen LogP contribution is -2.19. The maximum Gasteiger partial charge on any atom is 0.180 e. The van der Waals surface area contributed by atoms with Gasteiger partial charge in [-0.3, -0.25) is 4.99 Å². The van der Waals surface area contributed by atoms with Gasteiger partial charge in [-0.25, -0.2) is 9.97 Å². The maximum atomic E-state index is 5.57. The third kappa shape index (κ3) is 3.25. The van der Waals surface area contributed by atoms with E-state index in [1.807, 2.05) is 35.1 Å². The third-order valence-corrected chi connectivity index (χ3v) is 5.66. The van der Waals surface area contributed by atoms with Crippen molar-refractivity contribution in [2.75, 3.05) is 12.4 Å². The molecule has 6 nitrogen and oxygen atoms in total. The molecular formula is C24H23N5O. The number of ether oxygens (including phenoxy) is 1. The van der Waals surface area contributed by atoms with Gasteiger partial charge in [0, 0.05) is 43.2 Å². The van der Waals surface area contributed by atoms with E-state index in [-0.39, 0.29) is 5.60 Å². The lowest BCUT2D eigenvalue weighted by molar-refractivity contribution is 0.0192. The van der Waals surface area contributed by atoms with Gasteiger partial charge in [-0.05, 0) is 48.7 Å². The Bertz CT molecular complexity index is 1250. The van der Waals surface area contributed by atoms with Crippen molar-refractivity contribution in [3.63, 3.8) is 0 Å². The number of aliphatic imine (C=N–C) groups is 1. The zero-order chi connectivity index (χ0) is 20.7. The van der Waals surface area contributed by atoms with Crippen molar-refractivity contribution in [3.05, 3.63) is 77.7 Å². The Morgan fingerprint density at radius 3 is 2.73 bits per heavy atom. The van der Waals surface area contributed by atoms with Crippen LogP contribution in [0.15, 0.2) is 66.0 Å². The highest BCUT2D eigenvalue weighted by molar-refractivity contribution is 5.86. The monoisotopic (exact) mass is 397 g/mol. The Hall–Kier alpha value is -3.51. The first-order chi connectivity index (χ1) is 14.5. The van der Waals surface area contributed by atoms with Crippen molar-refractivity contribution in [2.24, 2.45) is 4.99 Å². The molecule has 2 aromatic heterocycles. The summed E-state index contributed by atoms with van der Waals surface area (Å²) in [7, 11) is 1.72. The molecule has 1 aliphatic rings. The van der Waals surface area contributed by atoms with Crippen LogP contribution in [0, 0.1) is 0 Å². The van der Waals surface area contributed by atoms with Gasteiger partial charge in [0.1, 0.15) is 0 Å². The summed E-state index contributed by atoms with van der Waals surface area (Å²) in [5.74, 6) is 0.716. The molecular weight excluding hydrogens is 374 g/mol. The highest BCUT2D eigenvalue weighted by Gasteiger charge is 2.19. The molecule has 0 unspecified atom stereocenters. The van der Waals surface area contributed by atoms with Crippen molar-refractivity contribution in [1.82, 2.24) is 14.4 Å². The molecule has 0 saturated carbocycles. The number of hydrogen-bond donors (Lipinski definition) is 1. The Kier molecular flexibility index (Phi) is 4.37. The molecule has 2 aromatic carbocycles. The number of fused-ring (bicyclic) bond motifs is 2. The molecule has 6 heteroatoms. The first-order valence-corrected chi connectivity index (χ1v) is 9.93. The predicted molar refractivity (Wildman–Crippen MR) is 119 cm³/mol. The number of methoxy groups -OCH3 is 1. The van der Waals surface area contributed by atoms with E-state index in [4.69, 9.17) is 9.72 Å². The van der Waals surface area contributed by atoms with E-state index >= 15 is 0 Å². The van der Waals surface area contributed by atoms with Crippen molar-refractivity contribution >= 4 is 23.4 Å². The number of anilines is 2. The molecule has 3 heterocycles. The number of nitrogens with zero attached hydrogens (tertiary/aromatic N) is 4. The minimum absolute atomic E-state index is 0.329. The van der Waals surface area contributed by atoms with Gasteiger partial charge < -0.3 is 14.5 Å². The van der Waals surface area contributed by atoms with Crippen molar-refractivity contribution < 1.29 is 4.74 Å². The van der Waals surface area contributed by atoms with E-state index in [0.717, 1.165) is 34.7 Å². The third-order valence-electron chi connectivity index (χ3n) is 5.66. The summed E-state index contributed by atoms with van der Waals surface area (Å²) in [5, 5.41) is 3.43. The molecule has 0 bridgehead atoms. The molecule has 150 valence electrons. The lowest BCUT2D eigenvalue weighted by Gasteiger charge is -2.23. The number of imidazole rings is 1.